The summed E-state index contributed by atoms with van der Waals surface area (Å²) in [6.07, 6.45) is 2.11. The van der Waals surface area contributed by atoms with Crippen molar-refractivity contribution >= 4 is 34.9 Å². The summed E-state index contributed by atoms with van der Waals surface area (Å²) in [5.74, 6) is 1.42. The largest absolute Gasteiger partial charge is 0.495 e. The third-order valence-corrected chi connectivity index (χ3v) is 5.38. The number of hydrogen-bond acceptors (Lipinski definition) is 5. The van der Waals surface area contributed by atoms with Gasteiger partial charge in [-0.2, -0.15) is 5.10 Å². The highest BCUT2D eigenvalue weighted by Gasteiger charge is 2.24. The number of carbonyl (C=O) groups excluding carboxylic acids is 2. The first kappa shape index (κ1) is 20.7. The molecule has 0 bridgehead atoms. The lowest BCUT2D eigenvalue weighted by molar-refractivity contribution is -0.119. The molecule has 31 heavy (non-hydrogen) atoms. The first-order valence-corrected chi connectivity index (χ1v) is 10.0. The topological polar surface area (TPSA) is 85.7 Å². The van der Waals surface area contributed by atoms with Crippen LogP contribution in [0, 0.1) is 0 Å². The standard InChI is InChI=1S/C22H21ClN4O4/c1-30-18-12-19(31-2)17(11-16(18)23)25-22(29)15-5-3-14(4-6-15)13-26-20-7-9-24-27(20)10-8-21(26)28/h3-7,9,11-12H,8,10,13H2,1-2H3,(H,25,29). The Hall–Kier alpha value is -3.52. The Kier molecular flexibility index (Phi) is 5.81. The van der Waals surface area contributed by atoms with E-state index in [1.54, 1.807) is 35.4 Å². The van der Waals surface area contributed by atoms with E-state index < -0.39 is 0 Å². The summed E-state index contributed by atoms with van der Waals surface area (Å²) >= 11 is 6.17. The number of benzene rings is 2. The molecule has 0 saturated carbocycles. The van der Waals surface area contributed by atoms with Crippen LogP contribution < -0.4 is 19.7 Å². The number of nitrogens with zero attached hydrogens (tertiary/aromatic N) is 3. The normalized spacial score (nSPS) is 13.0. The molecular formula is C22H21ClN4O4. The van der Waals surface area contributed by atoms with E-state index >= 15 is 0 Å². The van der Waals surface area contributed by atoms with Crippen LogP contribution in [0.25, 0.3) is 0 Å². The Morgan fingerprint density at radius 3 is 2.58 bits per heavy atom. The fourth-order valence-corrected chi connectivity index (χ4v) is 3.70. The van der Waals surface area contributed by atoms with Gasteiger partial charge in [-0.05, 0) is 23.8 Å². The van der Waals surface area contributed by atoms with Crippen molar-refractivity contribution < 1.29 is 19.1 Å². The van der Waals surface area contributed by atoms with Crippen LogP contribution in [0.3, 0.4) is 0 Å². The molecule has 0 radical (unpaired) electrons. The van der Waals surface area contributed by atoms with Crippen molar-refractivity contribution in [3.63, 3.8) is 0 Å². The van der Waals surface area contributed by atoms with Gasteiger partial charge < -0.3 is 14.8 Å². The van der Waals surface area contributed by atoms with Gasteiger partial charge in [0.25, 0.3) is 5.91 Å². The number of aromatic nitrogens is 2. The van der Waals surface area contributed by atoms with Crippen LogP contribution in [0.4, 0.5) is 11.5 Å². The molecule has 2 aromatic carbocycles. The summed E-state index contributed by atoms with van der Waals surface area (Å²) in [5, 5.41) is 7.40. The number of carbonyl (C=O) groups is 2. The molecule has 1 aliphatic rings. The summed E-state index contributed by atoms with van der Waals surface area (Å²) in [6.45, 7) is 1.00. The maximum atomic E-state index is 12.7. The van der Waals surface area contributed by atoms with Gasteiger partial charge in [-0.1, -0.05) is 23.7 Å². The van der Waals surface area contributed by atoms with Crippen LogP contribution in [0.15, 0.2) is 48.7 Å². The third kappa shape index (κ3) is 4.20. The number of fused-ring (bicyclic) bond motifs is 1. The molecule has 2 amide bonds. The van der Waals surface area contributed by atoms with Crippen molar-refractivity contribution in [3.05, 3.63) is 64.8 Å². The number of anilines is 2. The molecular weight excluding hydrogens is 420 g/mol. The number of aryl methyl sites for hydroxylation is 1. The van der Waals surface area contributed by atoms with Crippen molar-refractivity contribution in [2.75, 3.05) is 24.4 Å². The van der Waals surface area contributed by atoms with Gasteiger partial charge in [-0.25, -0.2) is 4.68 Å². The van der Waals surface area contributed by atoms with Gasteiger partial charge in [0.1, 0.15) is 17.3 Å². The van der Waals surface area contributed by atoms with E-state index in [1.807, 2.05) is 22.9 Å². The van der Waals surface area contributed by atoms with Crippen LogP contribution >= 0.6 is 11.6 Å². The van der Waals surface area contributed by atoms with Crippen molar-refractivity contribution in [2.45, 2.75) is 19.5 Å². The number of rotatable bonds is 6. The minimum Gasteiger partial charge on any atom is -0.495 e. The number of nitrogens with one attached hydrogen (secondary N) is 1. The summed E-state index contributed by atoms with van der Waals surface area (Å²) in [7, 11) is 3.01. The van der Waals surface area contributed by atoms with Gasteiger partial charge in [0.05, 0.1) is 44.2 Å². The first-order chi connectivity index (χ1) is 15.0. The predicted molar refractivity (Wildman–Crippen MR) is 117 cm³/mol. The Morgan fingerprint density at radius 2 is 1.87 bits per heavy atom. The lowest BCUT2D eigenvalue weighted by atomic mass is 10.1. The molecule has 9 heteroatoms. The molecule has 1 aromatic heterocycles. The van der Waals surface area contributed by atoms with Gasteiger partial charge in [0, 0.05) is 24.1 Å². The number of hydrogen-bond donors (Lipinski definition) is 1. The van der Waals surface area contributed by atoms with E-state index in [0.717, 1.165) is 11.4 Å². The van der Waals surface area contributed by atoms with E-state index in [-0.39, 0.29) is 11.8 Å². The van der Waals surface area contributed by atoms with Crippen LogP contribution in [-0.2, 0) is 17.9 Å². The molecule has 0 saturated heterocycles. The van der Waals surface area contributed by atoms with E-state index in [2.05, 4.69) is 10.4 Å². The highest BCUT2D eigenvalue weighted by Crippen LogP contribution is 2.36. The average Bonchev–Trinajstić information content (AvgIpc) is 3.25. The van der Waals surface area contributed by atoms with Crippen molar-refractivity contribution in [1.29, 1.82) is 0 Å². The van der Waals surface area contributed by atoms with Crippen LogP contribution in [-0.4, -0.2) is 35.8 Å². The fraction of sp³-hybridized carbons (Fsp3) is 0.227. The first-order valence-electron chi connectivity index (χ1n) is 9.64. The van der Waals surface area contributed by atoms with Gasteiger partial charge >= 0.3 is 0 Å². The number of amides is 2. The molecule has 2 heterocycles. The molecule has 0 aliphatic carbocycles. The maximum absolute atomic E-state index is 12.7. The lowest BCUT2D eigenvalue weighted by Crippen LogP contribution is -2.36. The molecule has 0 unspecified atom stereocenters. The molecule has 3 aromatic rings. The monoisotopic (exact) mass is 440 g/mol. The average molecular weight is 441 g/mol. The Balaban J connectivity index is 1.48. The molecule has 1 aliphatic heterocycles. The molecule has 0 atom stereocenters. The Bertz CT molecular complexity index is 1130. The number of halogens is 1. The summed E-state index contributed by atoms with van der Waals surface area (Å²) in [5.41, 5.74) is 1.81. The van der Waals surface area contributed by atoms with Crippen LogP contribution in [0.1, 0.15) is 22.3 Å². The van der Waals surface area contributed by atoms with Crippen molar-refractivity contribution in [1.82, 2.24) is 9.78 Å². The molecule has 0 spiro atoms. The summed E-state index contributed by atoms with van der Waals surface area (Å²) in [6, 6.07) is 12.1. The maximum Gasteiger partial charge on any atom is 0.255 e. The zero-order valence-corrected chi connectivity index (χ0v) is 17.8. The molecule has 160 valence electrons. The van der Waals surface area contributed by atoms with E-state index in [0.29, 0.717) is 47.3 Å². The third-order valence-electron chi connectivity index (χ3n) is 5.09. The second-order valence-electron chi connectivity index (χ2n) is 6.98. The highest BCUT2D eigenvalue weighted by molar-refractivity contribution is 6.32. The second kappa shape index (κ2) is 8.69. The number of ether oxygens (including phenoxy) is 2. The van der Waals surface area contributed by atoms with Crippen molar-refractivity contribution in [3.8, 4) is 11.5 Å². The predicted octanol–water partition coefficient (Wildman–Crippen LogP) is 3.74. The van der Waals surface area contributed by atoms with Crippen molar-refractivity contribution in [2.24, 2.45) is 0 Å². The van der Waals surface area contributed by atoms with Crippen LogP contribution in [0.5, 0.6) is 11.5 Å². The molecule has 4 rings (SSSR count). The summed E-state index contributed by atoms with van der Waals surface area (Å²) in [4.78, 5) is 26.8. The van der Waals surface area contributed by atoms with Gasteiger partial charge in [0.15, 0.2) is 0 Å². The zero-order chi connectivity index (χ0) is 22.0. The van der Waals surface area contributed by atoms with Gasteiger partial charge in [0.2, 0.25) is 5.91 Å². The smallest absolute Gasteiger partial charge is 0.255 e. The molecule has 0 fully saturated rings. The molecule has 1 N–H and O–H groups in total. The second-order valence-corrected chi connectivity index (χ2v) is 7.39. The Labute approximate surface area is 184 Å². The van der Waals surface area contributed by atoms with E-state index in [4.69, 9.17) is 21.1 Å². The quantitative estimate of drug-likeness (QED) is 0.631. The lowest BCUT2D eigenvalue weighted by Gasteiger charge is -2.27. The molecule has 8 nitrogen and oxygen atoms in total. The minimum atomic E-state index is -0.307. The minimum absolute atomic E-state index is 0.0540. The zero-order valence-electron chi connectivity index (χ0n) is 17.1. The van der Waals surface area contributed by atoms with Gasteiger partial charge in [-0.15, -0.1) is 0 Å². The van der Waals surface area contributed by atoms with E-state index in [9.17, 15) is 9.59 Å². The van der Waals surface area contributed by atoms with Crippen LogP contribution in [0.2, 0.25) is 5.02 Å². The van der Waals surface area contributed by atoms with Gasteiger partial charge in [-0.3, -0.25) is 14.5 Å². The fourth-order valence-electron chi connectivity index (χ4n) is 3.46. The number of methoxy groups -OCH3 is 2. The SMILES string of the molecule is COc1cc(OC)c(NC(=O)c2ccc(CN3C(=O)CCn4nccc43)cc2)cc1Cl. The van der Waals surface area contributed by atoms with E-state index in [1.165, 1.54) is 14.2 Å². The Morgan fingerprint density at radius 1 is 1.13 bits per heavy atom. The summed E-state index contributed by atoms with van der Waals surface area (Å²) < 4.78 is 12.3. The highest BCUT2D eigenvalue weighted by atomic mass is 35.5.